The molecule has 0 bridgehead atoms. The SMILES string of the molecule is COc1cccc2c(C(=O)NC(Cc3ccccc3)C(=O)N(C)OC)c(C)n(CCN3CCOCC3)c12. The van der Waals surface area contributed by atoms with E-state index in [0.29, 0.717) is 24.3 Å². The minimum absolute atomic E-state index is 0.306. The Hall–Kier alpha value is -3.40. The van der Waals surface area contributed by atoms with Crippen LogP contribution in [0.2, 0.25) is 0 Å². The van der Waals surface area contributed by atoms with Gasteiger partial charge in [-0.1, -0.05) is 42.5 Å². The number of amides is 2. The van der Waals surface area contributed by atoms with Crippen molar-refractivity contribution in [3.05, 3.63) is 65.4 Å². The number of methoxy groups -OCH3 is 1. The number of likely N-dealkylation sites (N-methyl/N-ethyl adjacent to an activating group) is 1. The first kappa shape index (κ1) is 26.7. The van der Waals surface area contributed by atoms with Gasteiger partial charge in [0, 0.05) is 50.7 Å². The second-order valence-electron chi connectivity index (χ2n) is 9.16. The zero-order chi connectivity index (χ0) is 26.4. The number of carbonyl (C=O) groups excluding carboxylic acids is 2. The maximum atomic E-state index is 13.8. The van der Waals surface area contributed by atoms with Gasteiger partial charge in [-0.3, -0.25) is 19.3 Å². The highest BCUT2D eigenvalue weighted by molar-refractivity contribution is 6.10. The molecule has 2 amide bonds. The minimum Gasteiger partial charge on any atom is -0.495 e. The molecule has 0 radical (unpaired) electrons. The Labute approximate surface area is 217 Å². The number of rotatable bonds is 10. The molecule has 1 N–H and O–H groups in total. The molecule has 2 aromatic carbocycles. The number of hydroxylamine groups is 2. The van der Waals surface area contributed by atoms with Crippen LogP contribution in [0.1, 0.15) is 21.6 Å². The number of para-hydroxylation sites is 1. The molecule has 1 unspecified atom stereocenters. The maximum Gasteiger partial charge on any atom is 0.268 e. The van der Waals surface area contributed by atoms with E-state index in [0.717, 1.165) is 60.1 Å². The van der Waals surface area contributed by atoms with E-state index in [1.54, 1.807) is 14.2 Å². The van der Waals surface area contributed by atoms with Crippen LogP contribution in [-0.2, 0) is 27.3 Å². The molecule has 1 aliphatic rings. The Balaban J connectivity index is 1.67. The van der Waals surface area contributed by atoms with Gasteiger partial charge in [-0.25, -0.2) is 5.06 Å². The fourth-order valence-electron chi connectivity index (χ4n) is 4.89. The summed E-state index contributed by atoms with van der Waals surface area (Å²) in [6.07, 6.45) is 0.344. The molecule has 4 rings (SSSR count). The number of aromatic nitrogens is 1. The Morgan fingerprint density at radius 2 is 1.78 bits per heavy atom. The molecule has 0 spiro atoms. The summed E-state index contributed by atoms with van der Waals surface area (Å²) in [6, 6.07) is 14.5. The predicted octanol–water partition coefficient (Wildman–Crippen LogP) is 2.65. The number of ether oxygens (including phenoxy) is 2. The summed E-state index contributed by atoms with van der Waals surface area (Å²) < 4.78 is 13.3. The van der Waals surface area contributed by atoms with Crippen molar-refractivity contribution in [3.63, 3.8) is 0 Å². The van der Waals surface area contributed by atoms with Gasteiger partial charge < -0.3 is 19.4 Å². The predicted molar refractivity (Wildman–Crippen MR) is 142 cm³/mol. The standard InChI is InChI=1S/C28H36N4O5/c1-20-25(27(33)29-23(28(34)30(2)36-4)19-21-9-6-5-7-10-21)22-11-8-12-24(35-3)26(22)32(20)14-13-31-15-17-37-18-16-31/h5-12,23H,13-19H2,1-4H3,(H,29,33). The van der Waals surface area contributed by atoms with Crippen molar-refractivity contribution in [3.8, 4) is 5.75 Å². The van der Waals surface area contributed by atoms with Gasteiger partial charge in [0.15, 0.2) is 0 Å². The molecule has 3 aromatic rings. The number of hydrogen-bond acceptors (Lipinski definition) is 6. The van der Waals surface area contributed by atoms with E-state index in [1.807, 2.05) is 55.5 Å². The molecule has 9 heteroatoms. The number of hydrogen-bond donors (Lipinski definition) is 1. The topological polar surface area (TPSA) is 85.3 Å². The monoisotopic (exact) mass is 508 g/mol. The van der Waals surface area contributed by atoms with Crippen molar-refractivity contribution in [1.82, 2.24) is 19.8 Å². The molecule has 1 aliphatic heterocycles. The van der Waals surface area contributed by atoms with Crippen LogP contribution in [0.25, 0.3) is 10.9 Å². The summed E-state index contributed by atoms with van der Waals surface area (Å²) in [5.74, 6) is 0.0725. The highest BCUT2D eigenvalue weighted by atomic mass is 16.7. The van der Waals surface area contributed by atoms with Crippen LogP contribution in [0, 0.1) is 6.92 Å². The summed E-state index contributed by atoms with van der Waals surface area (Å²) in [4.78, 5) is 34.4. The summed E-state index contributed by atoms with van der Waals surface area (Å²) in [5.41, 5.74) is 3.19. The fraction of sp³-hybridized carbons (Fsp3) is 0.429. The molecule has 1 saturated heterocycles. The number of nitrogens with one attached hydrogen (secondary N) is 1. The van der Waals surface area contributed by atoms with E-state index in [2.05, 4.69) is 14.8 Å². The third-order valence-electron chi connectivity index (χ3n) is 6.97. The highest BCUT2D eigenvalue weighted by Gasteiger charge is 2.29. The van der Waals surface area contributed by atoms with Crippen molar-refractivity contribution >= 4 is 22.7 Å². The van der Waals surface area contributed by atoms with Crippen LogP contribution in [-0.4, -0.2) is 86.5 Å². The van der Waals surface area contributed by atoms with E-state index >= 15 is 0 Å². The van der Waals surface area contributed by atoms with Crippen LogP contribution < -0.4 is 10.1 Å². The van der Waals surface area contributed by atoms with E-state index in [-0.39, 0.29) is 11.8 Å². The van der Waals surface area contributed by atoms with Gasteiger partial charge in [-0.05, 0) is 18.6 Å². The maximum absolute atomic E-state index is 13.8. The molecular weight excluding hydrogens is 472 g/mol. The molecular formula is C28H36N4O5. The quantitative estimate of drug-likeness (QED) is 0.424. The molecule has 0 saturated carbocycles. The molecule has 1 atom stereocenters. The normalized spacial score (nSPS) is 14.9. The zero-order valence-electron chi connectivity index (χ0n) is 22.0. The third-order valence-corrected chi connectivity index (χ3v) is 6.97. The van der Waals surface area contributed by atoms with Crippen molar-refractivity contribution in [2.24, 2.45) is 0 Å². The van der Waals surface area contributed by atoms with Crippen molar-refractivity contribution in [2.45, 2.75) is 25.9 Å². The molecule has 1 aromatic heterocycles. The lowest BCUT2D eigenvalue weighted by Crippen LogP contribution is -2.48. The second-order valence-corrected chi connectivity index (χ2v) is 9.16. The van der Waals surface area contributed by atoms with Gasteiger partial charge in [0.25, 0.3) is 11.8 Å². The lowest BCUT2D eigenvalue weighted by Gasteiger charge is -2.27. The van der Waals surface area contributed by atoms with Crippen LogP contribution in [0.4, 0.5) is 0 Å². The number of carbonyl (C=O) groups is 2. The van der Waals surface area contributed by atoms with Crippen LogP contribution in [0.15, 0.2) is 48.5 Å². The summed E-state index contributed by atoms with van der Waals surface area (Å²) in [5, 5.41) is 4.94. The summed E-state index contributed by atoms with van der Waals surface area (Å²) in [7, 11) is 4.61. The van der Waals surface area contributed by atoms with E-state index < -0.39 is 6.04 Å². The average molecular weight is 509 g/mol. The van der Waals surface area contributed by atoms with Gasteiger partial charge in [-0.2, -0.15) is 0 Å². The first-order chi connectivity index (χ1) is 17.9. The minimum atomic E-state index is -0.795. The molecule has 2 heterocycles. The van der Waals surface area contributed by atoms with Gasteiger partial charge in [0.05, 0.1) is 38.5 Å². The van der Waals surface area contributed by atoms with Crippen LogP contribution in [0.5, 0.6) is 5.75 Å². The number of benzene rings is 2. The van der Waals surface area contributed by atoms with Crippen molar-refractivity contribution in [1.29, 1.82) is 0 Å². The first-order valence-electron chi connectivity index (χ1n) is 12.6. The molecule has 0 aliphatic carbocycles. The van der Waals surface area contributed by atoms with Crippen molar-refractivity contribution in [2.75, 3.05) is 54.1 Å². The average Bonchev–Trinajstić information content (AvgIpc) is 3.22. The smallest absolute Gasteiger partial charge is 0.268 e. The number of morpholine rings is 1. The van der Waals surface area contributed by atoms with E-state index in [9.17, 15) is 9.59 Å². The van der Waals surface area contributed by atoms with E-state index in [4.69, 9.17) is 14.3 Å². The summed E-state index contributed by atoms with van der Waals surface area (Å²) >= 11 is 0. The Bertz CT molecular complexity index is 1220. The Kier molecular flexibility index (Phi) is 8.81. The van der Waals surface area contributed by atoms with Gasteiger partial charge in [-0.15, -0.1) is 0 Å². The lowest BCUT2D eigenvalue weighted by molar-refractivity contribution is -0.170. The molecule has 9 nitrogen and oxygen atoms in total. The first-order valence-corrected chi connectivity index (χ1v) is 12.6. The lowest BCUT2D eigenvalue weighted by atomic mass is 10.0. The third kappa shape index (κ3) is 5.95. The van der Waals surface area contributed by atoms with Gasteiger partial charge >= 0.3 is 0 Å². The number of fused-ring (bicyclic) bond motifs is 1. The van der Waals surface area contributed by atoms with Crippen LogP contribution >= 0.6 is 0 Å². The zero-order valence-corrected chi connectivity index (χ0v) is 22.0. The molecule has 1 fully saturated rings. The van der Waals surface area contributed by atoms with Crippen LogP contribution in [0.3, 0.4) is 0 Å². The number of nitrogens with zero attached hydrogens (tertiary/aromatic N) is 3. The molecule has 198 valence electrons. The van der Waals surface area contributed by atoms with Crippen molar-refractivity contribution < 1.29 is 23.9 Å². The van der Waals surface area contributed by atoms with E-state index in [1.165, 1.54) is 7.11 Å². The molecule has 37 heavy (non-hydrogen) atoms. The van der Waals surface area contributed by atoms with Gasteiger partial charge in [0.1, 0.15) is 11.8 Å². The van der Waals surface area contributed by atoms with Gasteiger partial charge in [0.2, 0.25) is 0 Å². The second kappa shape index (κ2) is 12.2. The fourth-order valence-corrected chi connectivity index (χ4v) is 4.89. The largest absolute Gasteiger partial charge is 0.495 e. The Morgan fingerprint density at radius 1 is 1.05 bits per heavy atom. The summed E-state index contributed by atoms with van der Waals surface area (Å²) in [6.45, 7) is 6.72. The Morgan fingerprint density at radius 3 is 2.46 bits per heavy atom. The highest BCUT2D eigenvalue weighted by Crippen LogP contribution is 2.33.